The minimum atomic E-state index is -3.33. The summed E-state index contributed by atoms with van der Waals surface area (Å²) >= 11 is 0. The van der Waals surface area contributed by atoms with E-state index in [1.54, 1.807) is 30.5 Å². The average Bonchev–Trinajstić information content (AvgIpc) is 3.59. The van der Waals surface area contributed by atoms with E-state index >= 15 is 0 Å². The van der Waals surface area contributed by atoms with Crippen molar-refractivity contribution in [3.05, 3.63) is 41.7 Å². The summed E-state index contributed by atoms with van der Waals surface area (Å²) in [6, 6.07) is 5.22. The third kappa shape index (κ3) is 5.94. The fraction of sp³-hybridized carbons (Fsp3) is 0.615. The first-order chi connectivity index (χ1) is 17.3. The summed E-state index contributed by atoms with van der Waals surface area (Å²) in [7, 11) is -3.33. The van der Waals surface area contributed by atoms with Crippen LogP contribution >= 0.6 is 0 Å². The number of carbonyl (C=O) groups excluding carboxylic acids is 2. The lowest BCUT2D eigenvalue weighted by atomic mass is 9.85. The number of aliphatic hydroxyl groups is 1. The minimum absolute atomic E-state index is 0.0222. The second kappa shape index (κ2) is 10.3. The average molecular weight is 534 g/mol. The van der Waals surface area contributed by atoms with Gasteiger partial charge in [0.15, 0.2) is 9.84 Å². The molecule has 3 aliphatic rings. The fourth-order valence-corrected chi connectivity index (χ4v) is 7.09. The van der Waals surface area contributed by atoms with Gasteiger partial charge < -0.3 is 26.1 Å². The highest BCUT2D eigenvalue weighted by atomic mass is 32.2. The number of rotatable bonds is 7. The first kappa shape index (κ1) is 27.4. The van der Waals surface area contributed by atoms with E-state index in [0.29, 0.717) is 22.6 Å². The van der Waals surface area contributed by atoms with E-state index in [4.69, 9.17) is 11.6 Å². The molecule has 1 aromatic rings. The van der Waals surface area contributed by atoms with Gasteiger partial charge >= 0.3 is 0 Å². The molecule has 11 heteroatoms. The molecule has 37 heavy (non-hydrogen) atoms. The molecule has 4 rings (SSSR count). The normalized spacial score (nSPS) is 26.4. The molecular formula is C26H39N5O5S. The van der Waals surface area contributed by atoms with E-state index in [1.807, 2.05) is 20.8 Å². The molecule has 1 aliphatic carbocycles. The molecule has 2 aliphatic heterocycles. The molecule has 4 unspecified atom stereocenters. The van der Waals surface area contributed by atoms with Gasteiger partial charge in [0, 0.05) is 43.2 Å². The Bertz CT molecular complexity index is 1170. The number of sulfone groups is 1. The van der Waals surface area contributed by atoms with Crippen molar-refractivity contribution in [2.45, 2.75) is 75.5 Å². The predicted molar refractivity (Wildman–Crippen MR) is 139 cm³/mol. The first-order valence-corrected chi connectivity index (χ1v) is 14.5. The van der Waals surface area contributed by atoms with Crippen LogP contribution < -0.4 is 16.9 Å². The maximum absolute atomic E-state index is 13.8. The topological polar surface area (TPSA) is 159 Å². The predicted octanol–water partition coefficient (Wildman–Crippen LogP) is 0.826. The number of nitrogens with two attached hydrogens (primary N) is 2. The van der Waals surface area contributed by atoms with Crippen molar-refractivity contribution in [3.63, 3.8) is 0 Å². The van der Waals surface area contributed by atoms with Crippen molar-refractivity contribution >= 4 is 21.7 Å². The van der Waals surface area contributed by atoms with Gasteiger partial charge in [-0.15, -0.1) is 0 Å². The van der Waals surface area contributed by atoms with Crippen molar-refractivity contribution in [2.75, 3.05) is 18.8 Å². The van der Waals surface area contributed by atoms with Crippen LogP contribution in [0.2, 0.25) is 0 Å². The first-order valence-electron chi connectivity index (χ1n) is 12.9. The number of nitrogens with one attached hydrogen (secondary N) is 1. The second-order valence-electron chi connectivity index (χ2n) is 11.6. The van der Waals surface area contributed by atoms with Crippen LogP contribution in [0.4, 0.5) is 0 Å². The van der Waals surface area contributed by atoms with E-state index in [2.05, 4.69) is 5.32 Å². The van der Waals surface area contributed by atoms with Gasteiger partial charge in [-0.05, 0) is 36.3 Å². The van der Waals surface area contributed by atoms with Crippen molar-refractivity contribution in [1.29, 1.82) is 0 Å². The van der Waals surface area contributed by atoms with Crippen molar-refractivity contribution in [3.8, 4) is 0 Å². The molecule has 0 bridgehead atoms. The Labute approximate surface area is 218 Å². The van der Waals surface area contributed by atoms with Gasteiger partial charge in [-0.1, -0.05) is 39.0 Å². The van der Waals surface area contributed by atoms with E-state index in [1.165, 1.54) is 9.91 Å². The summed E-state index contributed by atoms with van der Waals surface area (Å²) in [6.45, 7) is 5.96. The molecule has 0 spiro atoms. The van der Waals surface area contributed by atoms with Crippen LogP contribution in [0.15, 0.2) is 41.1 Å². The van der Waals surface area contributed by atoms with Gasteiger partial charge in [-0.25, -0.2) is 14.3 Å². The third-order valence-corrected chi connectivity index (χ3v) is 9.33. The van der Waals surface area contributed by atoms with Gasteiger partial charge in [0.05, 0.1) is 16.8 Å². The fourth-order valence-electron chi connectivity index (χ4n) is 5.39. The molecule has 1 saturated heterocycles. The summed E-state index contributed by atoms with van der Waals surface area (Å²) in [4.78, 5) is 28.8. The highest BCUT2D eigenvalue weighted by Gasteiger charge is 2.45. The maximum atomic E-state index is 13.8. The monoisotopic (exact) mass is 533 g/mol. The summed E-state index contributed by atoms with van der Waals surface area (Å²) in [6.07, 6.45) is 3.30. The van der Waals surface area contributed by atoms with Crippen LogP contribution in [0.3, 0.4) is 0 Å². The van der Waals surface area contributed by atoms with E-state index in [0.717, 1.165) is 12.8 Å². The lowest BCUT2D eigenvalue weighted by molar-refractivity contribution is -0.145. The number of benzene rings is 1. The maximum Gasteiger partial charge on any atom is 0.248 e. The highest BCUT2D eigenvalue weighted by molar-refractivity contribution is 7.91. The van der Waals surface area contributed by atoms with E-state index in [9.17, 15) is 23.1 Å². The van der Waals surface area contributed by atoms with Crippen molar-refractivity contribution in [2.24, 2.45) is 22.9 Å². The van der Waals surface area contributed by atoms with Crippen LogP contribution in [0.5, 0.6) is 0 Å². The van der Waals surface area contributed by atoms with Gasteiger partial charge in [-0.2, -0.15) is 0 Å². The molecule has 4 atom stereocenters. The lowest BCUT2D eigenvalue weighted by Gasteiger charge is -2.39. The Hall–Kier alpha value is -2.63. The number of β-amino-alcohol motifs (C(OH)–C–C–N with tert-alkyl or cyclic N) is 1. The zero-order valence-corrected chi connectivity index (χ0v) is 22.6. The Morgan fingerprint density at radius 2 is 1.92 bits per heavy atom. The number of fused-ring (bicyclic) bond motifs is 1. The third-order valence-electron chi connectivity index (χ3n) is 7.52. The number of hydrogen-bond donors (Lipinski definition) is 4. The number of aliphatic hydroxyl groups excluding tert-OH is 1. The highest BCUT2D eigenvalue weighted by Crippen LogP contribution is 2.35. The van der Waals surface area contributed by atoms with Crippen LogP contribution in [-0.4, -0.2) is 72.3 Å². The molecule has 1 saturated carbocycles. The smallest absolute Gasteiger partial charge is 0.248 e. The molecule has 6 N–H and O–H groups in total. The number of hydrogen-bond acceptors (Lipinski definition) is 8. The number of hydrazine groups is 1. The Morgan fingerprint density at radius 1 is 1.24 bits per heavy atom. The molecule has 2 fully saturated rings. The zero-order valence-electron chi connectivity index (χ0n) is 21.8. The van der Waals surface area contributed by atoms with Crippen molar-refractivity contribution < 1.29 is 23.1 Å². The van der Waals surface area contributed by atoms with Gasteiger partial charge in [0.25, 0.3) is 0 Å². The van der Waals surface area contributed by atoms with Crippen LogP contribution in [0.25, 0.3) is 0 Å². The summed E-state index contributed by atoms with van der Waals surface area (Å²) in [5.41, 5.74) is 6.90. The molecule has 0 radical (unpaired) electrons. The molecule has 204 valence electrons. The summed E-state index contributed by atoms with van der Waals surface area (Å²) in [5, 5.41) is 14.7. The van der Waals surface area contributed by atoms with E-state index < -0.39 is 33.4 Å². The SMILES string of the molecule is CC(C)(C)C(C(=O)N1CC(O)CC1C(=O)NCC1CCS(=O)(=O)c2ccccc21)N(N)/C=C(\N)C1CC1. The number of nitrogens with zero attached hydrogens (tertiary/aromatic N) is 2. The van der Waals surface area contributed by atoms with Gasteiger partial charge in [-0.3, -0.25) is 9.59 Å². The Kier molecular flexibility index (Phi) is 7.60. The minimum Gasteiger partial charge on any atom is -0.401 e. The van der Waals surface area contributed by atoms with Crippen LogP contribution in [0, 0.1) is 11.3 Å². The van der Waals surface area contributed by atoms with E-state index in [-0.39, 0.29) is 48.9 Å². The Morgan fingerprint density at radius 3 is 2.57 bits per heavy atom. The second-order valence-corrected chi connectivity index (χ2v) is 13.7. The molecular weight excluding hydrogens is 494 g/mol. The summed E-state index contributed by atoms with van der Waals surface area (Å²) < 4.78 is 24.9. The van der Waals surface area contributed by atoms with Crippen molar-refractivity contribution in [1.82, 2.24) is 15.2 Å². The largest absolute Gasteiger partial charge is 0.401 e. The molecule has 2 heterocycles. The number of allylic oxidation sites excluding steroid dienone is 1. The summed E-state index contributed by atoms with van der Waals surface area (Å²) in [5.74, 6) is 5.77. The standard InChI is InChI=1S/C26H39N5O5S/c1-26(2,3)23(31(28)15-20(27)16-8-9-16)25(34)30-14-18(32)12-21(30)24(33)29-13-17-10-11-37(35,36)22-7-5-4-6-19(17)22/h4-7,15-18,21,23,32H,8-14,27-28H2,1-3H3,(H,29,33)/b20-15-. The molecule has 0 aromatic heterocycles. The zero-order chi connectivity index (χ0) is 27.1. The Balaban J connectivity index is 1.49. The van der Waals surface area contributed by atoms with Gasteiger partial charge in [0.2, 0.25) is 11.8 Å². The number of likely N-dealkylation sites (tertiary alicyclic amines) is 1. The molecule has 1 aromatic carbocycles. The van der Waals surface area contributed by atoms with Crippen LogP contribution in [-0.2, 0) is 19.4 Å². The lowest BCUT2D eigenvalue weighted by Crippen LogP contribution is -2.58. The number of carbonyl (C=O) groups is 2. The van der Waals surface area contributed by atoms with Gasteiger partial charge in [0.1, 0.15) is 12.1 Å². The molecule has 2 amide bonds. The number of amides is 2. The quantitative estimate of drug-likeness (QED) is 0.296. The molecule has 10 nitrogen and oxygen atoms in total. The van der Waals surface area contributed by atoms with Crippen LogP contribution in [0.1, 0.15) is 57.9 Å².